The number of anilines is 1. The Morgan fingerprint density at radius 3 is 2.57 bits per heavy atom. The number of rotatable bonds is 2. The average Bonchev–Trinajstić information content (AvgIpc) is 2.58. The molecule has 0 amide bonds. The van der Waals surface area contributed by atoms with Gasteiger partial charge in [-0.25, -0.2) is 4.98 Å². The number of hydrogen-bond acceptors (Lipinski definition) is 2. The van der Waals surface area contributed by atoms with Crippen LogP contribution in [0, 0.1) is 0 Å². The molecule has 2 heterocycles. The van der Waals surface area contributed by atoms with Gasteiger partial charge in [-0.05, 0) is 13.8 Å². The Morgan fingerprint density at radius 2 is 2.00 bits per heavy atom. The summed E-state index contributed by atoms with van der Waals surface area (Å²) >= 11 is 0. The Kier molecular flexibility index (Phi) is 2.25. The first-order chi connectivity index (χ1) is 6.59. The molecule has 0 radical (unpaired) electrons. The monoisotopic (exact) mass is 193 g/mol. The minimum atomic E-state index is 0.495. The largest absolute Gasteiger partial charge is 0.354 e. The van der Waals surface area contributed by atoms with Crippen molar-refractivity contribution in [3.63, 3.8) is 0 Å². The number of imidazole rings is 1. The van der Waals surface area contributed by atoms with E-state index in [1.165, 1.54) is 11.5 Å². The summed E-state index contributed by atoms with van der Waals surface area (Å²) in [7, 11) is 0. The van der Waals surface area contributed by atoms with Crippen molar-refractivity contribution >= 4 is 5.82 Å². The van der Waals surface area contributed by atoms with Crippen LogP contribution in [-0.4, -0.2) is 22.6 Å². The molecule has 1 aliphatic heterocycles. The van der Waals surface area contributed by atoms with Crippen LogP contribution in [0.2, 0.25) is 0 Å². The average molecular weight is 193 g/mol. The molecule has 14 heavy (non-hydrogen) atoms. The smallest absolute Gasteiger partial charge is 0.129 e. The van der Waals surface area contributed by atoms with E-state index in [2.05, 4.69) is 42.6 Å². The van der Waals surface area contributed by atoms with Gasteiger partial charge < -0.3 is 9.88 Å². The zero-order valence-electron chi connectivity index (χ0n) is 9.46. The molecule has 3 nitrogen and oxygen atoms in total. The highest BCUT2D eigenvalue weighted by Crippen LogP contribution is 2.28. The number of aromatic amines is 1. The van der Waals surface area contributed by atoms with E-state index >= 15 is 0 Å². The lowest BCUT2D eigenvalue weighted by Gasteiger charge is -2.22. The molecule has 0 saturated heterocycles. The van der Waals surface area contributed by atoms with E-state index in [4.69, 9.17) is 0 Å². The van der Waals surface area contributed by atoms with Crippen LogP contribution >= 0.6 is 0 Å². The quantitative estimate of drug-likeness (QED) is 0.781. The lowest BCUT2D eigenvalue weighted by Crippen LogP contribution is -2.29. The van der Waals surface area contributed by atoms with E-state index < -0.39 is 0 Å². The summed E-state index contributed by atoms with van der Waals surface area (Å²) in [6.45, 7) is 9.92. The summed E-state index contributed by atoms with van der Waals surface area (Å²) in [4.78, 5) is 10.5. The van der Waals surface area contributed by atoms with Gasteiger partial charge in [-0.3, -0.25) is 0 Å². The third-order valence-electron chi connectivity index (χ3n) is 2.82. The summed E-state index contributed by atoms with van der Waals surface area (Å²) in [6.07, 6.45) is 1.09. The van der Waals surface area contributed by atoms with E-state index in [1.807, 2.05) is 0 Å². The van der Waals surface area contributed by atoms with Crippen LogP contribution in [0.25, 0.3) is 0 Å². The zero-order chi connectivity index (χ0) is 10.3. The summed E-state index contributed by atoms with van der Waals surface area (Å²) in [6, 6.07) is 0.566. The Bertz CT molecular complexity index is 325. The fraction of sp³-hybridized carbons (Fsp3) is 0.727. The van der Waals surface area contributed by atoms with Gasteiger partial charge in [-0.1, -0.05) is 13.8 Å². The number of hydrogen-bond donors (Lipinski definition) is 1. The van der Waals surface area contributed by atoms with Gasteiger partial charge in [0.1, 0.15) is 11.6 Å². The topological polar surface area (TPSA) is 31.9 Å². The van der Waals surface area contributed by atoms with E-state index in [-0.39, 0.29) is 0 Å². The minimum absolute atomic E-state index is 0.495. The third kappa shape index (κ3) is 1.41. The Hall–Kier alpha value is -0.990. The van der Waals surface area contributed by atoms with Gasteiger partial charge in [0, 0.05) is 24.9 Å². The van der Waals surface area contributed by atoms with Gasteiger partial charge in [0.05, 0.1) is 5.69 Å². The minimum Gasteiger partial charge on any atom is -0.354 e. The normalized spacial score (nSPS) is 15.7. The summed E-state index contributed by atoms with van der Waals surface area (Å²) in [5.41, 5.74) is 1.25. The second-order valence-electron chi connectivity index (χ2n) is 4.61. The molecule has 3 heteroatoms. The molecule has 1 aromatic rings. The summed E-state index contributed by atoms with van der Waals surface area (Å²) < 4.78 is 0. The first-order valence-corrected chi connectivity index (χ1v) is 5.45. The molecule has 0 unspecified atom stereocenters. The van der Waals surface area contributed by atoms with E-state index in [9.17, 15) is 0 Å². The highest BCUT2D eigenvalue weighted by Gasteiger charge is 2.25. The van der Waals surface area contributed by atoms with Crippen molar-refractivity contribution in [1.82, 2.24) is 9.97 Å². The Morgan fingerprint density at radius 1 is 1.29 bits per heavy atom. The molecule has 1 aliphatic rings. The number of aromatic nitrogens is 2. The highest BCUT2D eigenvalue weighted by molar-refractivity contribution is 5.50. The summed E-state index contributed by atoms with van der Waals surface area (Å²) in [5.74, 6) is 2.87. The molecular formula is C11H19N3. The predicted octanol–water partition coefficient (Wildman–Crippen LogP) is 2.30. The lowest BCUT2D eigenvalue weighted by molar-refractivity contribution is 0.691. The first-order valence-electron chi connectivity index (χ1n) is 5.45. The number of nitrogens with zero attached hydrogens (tertiary/aromatic N) is 2. The van der Waals surface area contributed by atoms with Crippen molar-refractivity contribution in [2.75, 3.05) is 11.4 Å². The van der Waals surface area contributed by atoms with Gasteiger partial charge in [-0.15, -0.1) is 0 Å². The van der Waals surface area contributed by atoms with Crippen LogP contribution < -0.4 is 4.90 Å². The first kappa shape index (κ1) is 9.56. The maximum Gasteiger partial charge on any atom is 0.129 e. The fourth-order valence-electron chi connectivity index (χ4n) is 1.96. The molecule has 0 aromatic carbocycles. The van der Waals surface area contributed by atoms with Crippen molar-refractivity contribution in [1.29, 1.82) is 0 Å². The van der Waals surface area contributed by atoms with Crippen molar-refractivity contribution in [3.8, 4) is 0 Å². The SMILES string of the molecule is CC(C)c1nc2c([nH]1)N(C(C)C)CC2. The number of fused-ring (bicyclic) bond motifs is 1. The molecule has 0 spiro atoms. The van der Waals surface area contributed by atoms with Crippen molar-refractivity contribution in [2.45, 2.75) is 46.1 Å². The molecule has 1 N–H and O–H groups in total. The van der Waals surface area contributed by atoms with E-state index in [1.54, 1.807) is 0 Å². The molecule has 78 valence electrons. The molecular weight excluding hydrogens is 174 g/mol. The third-order valence-corrected chi connectivity index (χ3v) is 2.82. The molecule has 0 aliphatic carbocycles. The van der Waals surface area contributed by atoms with Gasteiger partial charge in [0.2, 0.25) is 0 Å². The molecule has 2 rings (SSSR count). The van der Waals surface area contributed by atoms with Crippen LogP contribution in [0.15, 0.2) is 0 Å². The highest BCUT2D eigenvalue weighted by atomic mass is 15.3. The molecule has 0 atom stereocenters. The molecule has 0 saturated carbocycles. The van der Waals surface area contributed by atoms with Crippen LogP contribution in [0.4, 0.5) is 5.82 Å². The second-order valence-corrected chi connectivity index (χ2v) is 4.61. The van der Waals surface area contributed by atoms with Crippen LogP contribution in [-0.2, 0) is 6.42 Å². The fourth-order valence-corrected chi connectivity index (χ4v) is 1.96. The zero-order valence-corrected chi connectivity index (χ0v) is 9.46. The van der Waals surface area contributed by atoms with Crippen molar-refractivity contribution < 1.29 is 0 Å². The van der Waals surface area contributed by atoms with E-state index in [0.29, 0.717) is 12.0 Å². The second kappa shape index (κ2) is 3.30. The van der Waals surface area contributed by atoms with E-state index in [0.717, 1.165) is 18.8 Å². The molecule has 1 aromatic heterocycles. The maximum absolute atomic E-state index is 4.63. The molecule has 0 fully saturated rings. The van der Waals surface area contributed by atoms with Crippen molar-refractivity contribution in [2.24, 2.45) is 0 Å². The number of H-pyrrole nitrogens is 1. The van der Waals surface area contributed by atoms with Gasteiger partial charge in [0.15, 0.2) is 0 Å². The standard InChI is InChI=1S/C11H19N3/c1-7(2)10-12-9-5-6-14(8(3)4)11(9)13-10/h7-8H,5-6H2,1-4H3,(H,12,13). The molecule has 0 bridgehead atoms. The lowest BCUT2D eigenvalue weighted by atomic mass is 10.2. The van der Waals surface area contributed by atoms with Crippen LogP contribution in [0.5, 0.6) is 0 Å². The van der Waals surface area contributed by atoms with Gasteiger partial charge >= 0.3 is 0 Å². The van der Waals surface area contributed by atoms with Gasteiger partial charge in [-0.2, -0.15) is 0 Å². The number of nitrogens with one attached hydrogen (secondary N) is 1. The predicted molar refractivity (Wildman–Crippen MR) is 58.9 cm³/mol. The van der Waals surface area contributed by atoms with Crippen molar-refractivity contribution in [3.05, 3.63) is 11.5 Å². The Balaban J connectivity index is 2.30. The maximum atomic E-state index is 4.63. The van der Waals surface area contributed by atoms with Gasteiger partial charge in [0.25, 0.3) is 0 Å². The van der Waals surface area contributed by atoms with Crippen LogP contribution in [0.1, 0.15) is 45.1 Å². The van der Waals surface area contributed by atoms with Crippen LogP contribution in [0.3, 0.4) is 0 Å². The summed E-state index contributed by atoms with van der Waals surface area (Å²) in [5, 5.41) is 0. The Labute approximate surface area is 85.5 Å².